The monoisotopic (exact) mass is 481 g/mol. The number of hydrogen-bond donors (Lipinski definition) is 1. The van der Waals surface area contributed by atoms with Crippen molar-refractivity contribution in [1.29, 1.82) is 0 Å². The number of nitrogens with two attached hydrogens (primary N) is 1. The lowest BCUT2D eigenvalue weighted by Gasteiger charge is -2.11. The number of halogens is 1. The lowest BCUT2D eigenvalue weighted by atomic mass is 9.99. The van der Waals surface area contributed by atoms with Crippen LogP contribution < -0.4 is 5.14 Å². The van der Waals surface area contributed by atoms with Gasteiger partial charge in [-0.3, -0.25) is 4.68 Å². The predicted molar refractivity (Wildman–Crippen MR) is 130 cm³/mol. The molecule has 0 aliphatic rings. The minimum Gasteiger partial charge on any atom is -0.370 e. The van der Waals surface area contributed by atoms with Crippen LogP contribution in [0.3, 0.4) is 0 Å². The summed E-state index contributed by atoms with van der Waals surface area (Å²) in [6.07, 6.45) is 0. The fraction of sp³-hybridized carbons (Fsp3) is 0.160. The summed E-state index contributed by atoms with van der Waals surface area (Å²) in [7, 11) is -3.95. The Bertz CT molecular complexity index is 1350. The van der Waals surface area contributed by atoms with Crippen molar-refractivity contribution >= 4 is 21.6 Å². The van der Waals surface area contributed by atoms with E-state index in [2.05, 4.69) is 0 Å². The second-order valence-corrected chi connectivity index (χ2v) is 9.48. The molecule has 0 amide bonds. The van der Waals surface area contributed by atoms with Crippen molar-refractivity contribution in [2.24, 2.45) is 5.14 Å². The molecule has 1 aromatic heterocycles. The maximum Gasteiger partial charge on any atom is 0.238 e. The van der Waals surface area contributed by atoms with Gasteiger partial charge in [-0.25, -0.2) is 13.6 Å². The predicted octanol–water partition coefficient (Wildman–Crippen LogP) is 5.25. The van der Waals surface area contributed by atoms with Gasteiger partial charge in [-0.1, -0.05) is 72.3 Å². The minimum absolute atomic E-state index is 0.0257. The topological polar surface area (TPSA) is 87.2 Å². The molecule has 2 N–H and O–H groups in total. The highest BCUT2D eigenvalue weighted by atomic mass is 35.5. The Kier molecular flexibility index (Phi) is 6.95. The van der Waals surface area contributed by atoms with Gasteiger partial charge in [0.1, 0.15) is 5.69 Å². The highest BCUT2D eigenvalue weighted by Crippen LogP contribution is 2.38. The molecule has 0 fully saturated rings. The van der Waals surface area contributed by atoms with Crippen molar-refractivity contribution in [3.63, 3.8) is 0 Å². The first kappa shape index (κ1) is 23.2. The molecule has 0 unspecified atom stereocenters. The summed E-state index contributed by atoms with van der Waals surface area (Å²) in [6.45, 7) is 3.31. The molecule has 0 aliphatic carbocycles. The van der Waals surface area contributed by atoms with Crippen molar-refractivity contribution < 1.29 is 13.2 Å². The summed E-state index contributed by atoms with van der Waals surface area (Å²) in [5.74, 6) is 0. The fourth-order valence-electron chi connectivity index (χ4n) is 3.76. The molecular weight excluding hydrogens is 458 g/mol. The van der Waals surface area contributed by atoms with Crippen LogP contribution in [0.5, 0.6) is 0 Å². The molecule has 0 aliphatic heterocycles. The quantitative estimate of drug-likeness (QED) is 0.372. The van der Waals surface area contributed by atoms with E-state index in [4.69, 9.17) is 26.6 Å². The summed E-state index contributed by atoms with van der Waals surface area (Å²) >= 11 is 6.12. The lowest BCUT2D eigenvalue weighted by Crippen LogP contribution is -2.13. The Morgan fingerprint density at radius 3 is 2.27 bits per heavy atom. The van der Waals surface area contributed by atoms with Crippen molar-refractivity contribution in [1.82, 2.24) is 9.78 Å². The third-order valence-corrected chi connectivity index (χ3v) is 6.51. The molecule has 0 atom stereocenters. The normalized spacial score (nSPS) is 11.6. The molecule has 3 aromatic carbocycles. The van der Waals surface area contributed by atoms with E-state index in [0.717, 1.165) is 22.4 Å². The summed E-state index contributed by atoms with van der Waals surface area (Å²) in [4.78, 5) is 0.0257. The number of hydrogen-bond acceptors (Lipinski definition) is 4. The van der Waals surface area contributed by atoms with Crippen LogP contribution in [0.15, 0.2) is 83.8 Å². The standard InChI is InChI=1S/C25H24ClN3O3S/c1-2-29-22(17-32-16-18-8-4-3-5-9-18)24(19-12-14-20(26)15-13-19)25(28-29)21-10-6-7-11-23(21)33(27,30)31/h3-15H,2,16-17H2,1H3,(H2,27,30,31). The third-order valence-electron chi connectivity index (χ3n) is 5.29. The number of aromatic nitrogens is 2. The summed E-state index contributed by atoms with van der Waals surface area (Å²) < 4.78 is 32.5. The Morgan fingerprint density at radius 1 is 0.939 bits per heavy atom. The Hall–Kier alpha value is -2.97. The van der Waals surface area contributed by atoms with E-state index in [0.29, 0.717) is 36.0 Å². The molecule has 4 rings (SSSR count). The minimum atomic E-state index is -3.95. The summed E-state index contributed by atoms with van der Waals surface area (Å²) in [5, 5.41) is 10.9. The number of rotatable bonds is 8. The lowest BCUT2D eigenvalue weighted by molar-refractivity contribution is 0.102. The van der Waals surface area contributed by atoms with Crippen molar-refractivity contribution in [2.45, 2.75) is 31.6 Å². The van der Waals surface area contributed by atoms with E-state index in [-0.39, 0.29) is 4.90 Å². The first-order chi connectivity index (χ1) is 15.9. The van der Waals surface area contributed by atoms with E-state index in [9.17, 15) is 8.42 Å². The van der Waals surface area contributed by atoms with Crippen molar-refractivity contribution in [2.75, 3.05) is 0 Å². The van der Waals surface area contributed by atoms with Gasteiger partial charge in [0.05, 0.1) is 23.8 Å². The highest BCUT2D eigenvalue weighted by molar-refractivity contribution is 7.89. The van der Waals surface area contributed by atoms with E-state index >= 15 is 0 Å². The molecule has 0 saturated heterocycles. The number of primary sulfonamides is 1. The van der Waals surface area contributed by atoms with Crippen molar-refractivity contribution in [3.8, 4) is 22.4 Å². The molecule has 0 saturated carbocycles. The average Bonchev–Trinajstić information content (AvgIpc) is 3.18. The number of nitrogens with zero attached hydrogens (tertiary/aromatic N) is 2. The van der Waals surface area contributed by atoms with E-state index in [1.54, 1.807) is 30.3 Å². The smallest absolute Gasteiger partial charge is 0.238 e. The molecule has 6 nitrogen and oxygen atoms in total. The van der Waals surface area contributed by atoms with Crippen LogP contribution in [-0.2, 0) is 34.5 Å². The van der Waals surface area contributed by atoms with E-state index in [1.165, 1.54) is 6.07 Å². The van der Waals surface area contributed by atoms with Crippen molar-refractivity contribution in [3.05, 3.63) is 95.1 Å². The second-order valence-electron chi connectivity index (χ2n) is 7.51. The maximum atomic E-state index is 12.3. The van der Waals surface area contributed by atoms with Gasteiger partial charge in [0.2, 0.25) is 10.0 Å². The molecule has 170 valence electrons. The number of sulfonamides is 1. The Morgan fingerprint density at radius 2 is 1.61 bits per heavy atom. The SMILES string of the molecule is CCn1nc(-c2ccccc2S(N)(=O)=O)c(-c2ccc(Cl)cc2)c1COCc1ccccc1. The highest BCUT2D eigenvalue weighted by Gasteiger charge is 2.24. The zero-order valence-corrected chi connectivity index (χ0v) is 19.7. The van der Waals surface area contributed by atoms with Gasteiger partial charge in [-0.15, -0.1) is 0 Å². The molecule has 1 heterocycles. The van der Waals surface area contributed by atoms with Gasteiger partial charge in [0.25, 0.3) is 0 Å². The average molecular weight is 482 g/mol. The van der Waals surface area contributed by atoms with Gasteiger partial charge >= 0.3 is 0 Å². The first-order valence-corrected chi connectivity index (χ1v) is 12.4. The van der Waals surface area contributed by atoms with E-state index in [1.807, 2.05) is 54.1 Å². The van der Waals surface area contributed by atoms with E-state index < -0.39 is 10.0 Å². The largest absolute Gasteiger partial charge is 0.370 e. The molecular formula is C25H24ClN3O3S. The van der Waals surface area contributed by atoms with Crippen LogP contribution in [0.1, 0.15) is 18.2 Å². The third kappa shape index (κ3) is 5.17. The Labute approximate surface area is 198 Å². The molecule has 0 spiro atoms. The number of benzene rings is 3. The van der Waals surface area contributed by atoms with Crippen LogP contribution in [-0.4, -0.2) is 18.2 Å². The Balaban J connectivity index is 1.85. The van der Waals surface area contributed by atoms with Crippen LogP contribution >= 0.6 is 11.6 Å². The van der Waals surface area contributed by atoms with Crippen LogP contribution in [0.2, 0.25) is 5.02 Å². The molecule has 4 aromatic rings. The van der Waals surface area contributed by atoms with Crippen LogP contribution in [0, 0.1) is 0 Å². The second kappa shape index (κ2) is 9.89. The molecule has 0 bridgehead atoms. The molecule has 33 heavy (non-hydrogen) atoms. The molecule has 0 radical (unpaired) electrons. The zero-order valence-electron chi connectivity index (χ0n) is 18.1. The van der Waals surface area contributed by atoms with Crippen LogP contribution in [0.25, 0.3) is 22.4 Å². The zero-order chi connectivity index (χ0) is 23.4. The summed E-state index contributed by atoms with van der Waals surface area (Å²) in [5.41, 5.74) is 4.53. The van der Waals surface area contributed by atoms with Gasteiger partial charge in [0, 0.05) is 22.7 Å². The first-order valence-electron chi connectivity index (χ1n) is 10.5. The van der Waals surface area contributed by atoms with Gasteiger partial charge in [0.15, 0.2) is 0 Å². The summed E-state index contributed by atoms with van der Waals surface area (Å²) in [6, 6.07) is 23.9. The number of aryl methyl sites for hydroxylation is 1. The van der Waals surface area contributed by atoms with Gasteiger partial charge in [-0.05, 0) is 36.2 Å². The van der Waals surface area contributed by atoms with Gasteiger partial charge in [-0.2, -0.15) is 5.10 Å². The van der Waals surface area contributed by atoms with Gasteiger partial charge < -0.3 is 4.74 Å². The number of ether oxygens (including phenoxy) is 1. The molecule has 8 heteroatoms. The maximum absolute atomic E-state index is 12.3. The fourth-order valence-corrected chi connectivity index (χ4v) is 4.63. The van der Waals surface area contributed by atoms with Crippen LogP contribution in [0.4, 0.5) is 0 Å².